The van der Waals surface area contributed by atoms with Crippen LogP contribution in [0.5, 0.6) is 0 Å². The number of carbonyl (C=O) groups excluding carboxylic acids is 1. The Hall–Kier alpha value is -2.81. The van der Waals surface area contributed by atoms with E-state index in [0.717, 1.165) is 66.2 Å². The minimum Gasteiger partial charge on any atom is -0.383 e. The summed E-state index contributed by atoms with van der Waals surface area (Å²) in [7, 11) is 1.77. The van der Waals surface area contributed by atoms with Crippen molar-refractivity contribution in [2.24, 2.45) is 0 Å². The number of aryl methyl sites for hydroxylation is 3. The predicted molar refractivity (Wildman–Crippen MR) is 160 cm³/mol. The minimum atomic E-state index is -0.537. The second-order valence-corrected chi connectivity index (χ2v) is 12.1. The molecule has 0 radical (unpaired) electrons. The van der Waals surface area contributed by atoms with Gasteiger partial charge in [0.1, 0.15) is 0 Å². The quantitative estimate of drug-likeness (QED) is 0.311. The zero-order valence-electron chi connectivity index (χ0n) is 23.3. The zero-order chi connectivity index (χ0) is 27.6. The molecule has 0 spiro atoms. The first kappa shape index (κ1) is 27.7. The highest BCUT2D eigenvalue weighted by Crippen LogP contribution is 2.40. The summed E-state index contributed by atoms with van der Waals surface area (Å²) in [5, 5.41) is 6.46. The maximum Gasteiger partial charge on any atom is 0.234 e. The van der Waals surface area contributed by atoms with Crippen molar-refractivity contribution < 1.29 is 9.53 Å². The van der Waals surface area contributed by atoms with Crippen molar-refractivity contribution in [3.63, 3.8) is 0 Å². The highest BCUT2D eigenvalue weighted by molar-refractivity contribution is 9.10. The summed E-state index contributed by atoms with van der Waals surface area (Å²) >= 11 is 3.64. The van der Waals surface area contributed by atoms with Crippen LogP contribution in [0.3, 0.4) is 0 Å². The molecule has 0 unspecified atom stereocenters. The molecule has 1 saturated heterocycles. The molecule has 8 heteroatoms. The van der Waals surface area contributed by atoms with Crippen LogP contribution in [0.2, 0.25) is 0 Å². The predicted octanol–water partition coefficient (Wildman–Crippen LogP) is 6.13. The number of fused-ring (bicyclic) bond motifs is 1. The second kappa shape index (κ2) is 11.7. The lowest BCUT2D eigenvalue weighted by Gasteiger charge is -2.33. The maximum atomic E-state index is 12.5. The highest BCUT2D eigenvalue weighted by atomic mass is 79.9. The van der Waals surface area contributed by atoms with Gasteiger partial charge in [-0.1, -0.05) is 24.3 Å². The van der Waals surface area contributed by atoms with E-state index in [1.54, 1.807) is 7.11 Å². The third-order valence-electron chi connectivity index (χ3n) is 8.12. The fourth-order valence-electron chi connectivity index (χ4n) is 5.89. The largest absolute Gasteiger partial charge is 0.383 e. The number of rotatable bonds is 9. The second-order valence-electron chi connectivity index (χ2n) is 11.2. The summed E-state index contributed by atoms with van der Waals surface area (Å²) in [6.45, 7) is 10.1. The summed E-state index contributed by atoms with van der Waals surface area (Å²) < 4.78 is 6.17. The van der Waals surface area contributed by atoms with Gasteiger partial charge in [-0.3, -0.25) is 4.79 Å². The first-order chi connectivity index (χ1) is 18.8. The van der Waals surface area contributed by atoms with Crippen LogP contribution in [-0.2, 0) is 27.8 Å². The lowest BCUT2D eigenvalue weighted by atomic mass is 9.82. The van der Waals surface area contributed by atoms with E-state index >= 15 is 0 Å². The monoisotopic (exact) mass is 591 g/mol. The molecular weight excluding hydrogens is 554 g/mol. The Morgan fingerprint density at radius 1 is 1.23 bits per heavy atom. The number of nitrogens with zero attached hydrogens (tertiary/aromatic N) is 3. The topological polar surface area (TPSA) is 79.4 Å². The molecule has 7 nitrogen and oxygen atoms in total. The Labute approximate surface area is 239 Å². The summed E-state index contributed by atoms with van der Waals surface area (Å²) in [4.78, 5) is 24.4. The van der Waals surface area contributed by atoms with Gasteiger partial charge in [0, 0.05) is 37.8 Å². The zero-order valence-corrected chi connectivity index (χ0v) is 24.9. The molecule has 0 aliphatic carbocycles. The molecule has 2 aromatic carbocycles. The van der Waals surface area contributed by atoms with Crippen molar-refractivity contribution in [1.29, 1.82) is 0 Å². The molecule has 2 aliphatic heterocycles. The van der Waals surface area contributed by atoms with Crippen LogP contribution in [0, 0.1) is 6.92 Å². The molecule has 5 rings (SSSR count). The highest BCUT2D eigenvalue weighted by Gasteiger charge is 2.39. The lowest BCUT2D eigenvalue weighted by Crippen LogP contribution is -2.36. The Morgan fingerprint density at radius 2 is 2.08 bits per heavy atom. The number of aromatic nitrogens is 2. The minimum absolute atomic E-state index is 0.0490. The molecule has 2 N–H and O–H groups in total. The maximum absolute atomic E-state index is 12.5. The average molecular weight is 593 g/mol. The van der Waals surface area contributed by atoms with E-state index in [0.29, 0.717) is 11.9 Å². The van der Waals surface area contributed by atoms with Crippen LogP contribution in [0.1, 0.15) is 60.6 Å². The number of ether oxygens (including phenoxy) is 1. The van der Waals surface area contributed by atoms with Crippen LogP contribution in [-0.4, -0.2) is 54.1 Å². The number of carbonyl (C=O) groups is 1. The van der Waals surface area contributed by atoms with Gasteiger partial charge in [-0.2, -0.15) is 0 Å². The van der Waals surface area contributed by atoms with Crippen LogP contribution < -0.4 is 10.6 Å². The van der Waals surface area contributed by atoms with Crippen LogP contribution in [0.4, 0.5) is 17.3 Å². The molecule has 0 bridgehead atoms. The van der Waals surface area contributed by atoms with Crippen molar-refractivity contribution in [3.05, 3.63) is 75.0 Å². The van der Waals surface area contributed by atoms with Crippen molar-refractivity contribution in [3.8, 4) is 0 Å². The number of benzene rings is 2. The summed E-state index contributed by atoms with van der Waals surface area (Å²) in [5.74, 6) is 1.18. The molecule has 1 aromatic heterocycles. The van der Waals surface area contributed by atoms with Crippen LogP contribution >= 0.6 is 15.9 Å². The van der Waals surface area contributed by atoms with Crippen molar-refractivity contribution in [2.45, 2.75) is 57.8 Å². The molecule has 3 heterocycles. The van der Waals surface area contributed by atoms with Gasteiger partial charge in [-0.15, -0.1) is 0 Å². The van der Waals surface area contributed by atoms with Gasteiger partial charge in [0.25, 0.3) is 0 Å². The fraction of sp³-hybridized carbons (Fsp3) is 0.452. The van der Waals surface area contributed by atoms with E-state index < -0.39 is 5.41 Å². The molecular formula is C31H38BrN5O2. The van der Waals surface area contributed by atoms with E-state index in [-0.39, 0.29) is 5.91 Å². The smallest absolute Gasteiger partial charge is 0.234 e. The van der Waals surface area contributed by atoms with Crippen LogP contribution in [0.15, 0.2) is 47.1 Å². The summed E-state index contributed by atoms with van der Waals surface area (Å²) in [5.41, 5.74) is 7.18. The van der Waals surface area contributed by atoms with E-state index in [1.165, 1.54) is 29.5 Å². The first-order valence-corrected chi connectivity index (χ1v) is 14.6. The van der Waals surface area contributed by atoms with Crippen LogP contribution in [0.25, 0.3) is 0 Å². The molecule has 0 saturated carbocycles. The SMILES string of the molecule is COCCN1CCC[C@@H](c2ccc(Nc3ncc(Br)c(CCc4cccc5c4C(C)(C)C(=O)N5)n3)c(C)c2)C1. The van der Waals surface area contributed by atoms with Crippen molar-refractivity contribution in [2.75, 3.05) is 44.0 Å². The van der Waals surface area contributed by atoms with Gasteiger partial charge >= 0.3 is 0 Å². The van der Waals surface area contributed by atoms with E-state index in [1.807, 2.05) is 32.2 Å². The number of halogens is 1. The van der Waals surface area contributed by atoms with Gasteiger partial charge in [-0.25, -0.2) is 9.97 Å². The van der Waals surface area contributed by atoms with Gasteiger partial charge < -0.3 is 20.3 Å². The number of nitrogens with one attached hydrogen (secondary N) is 2. The number of methoxy groups -OCH3 is 1. The summed E-state index contributed by atoms with van der Waals surface area (Å²) in [6.07, 6.45) is 5.78. The number of hydrogen-bond acceptors (Lipinski definition) is 6. The summed E-state index contributed by atoms with van der Waals surface area (Å²) in [6, 6.07) is 12.8. The number of anilines is 3. The standard InChI is InChI=1S/C31H38BrN5O2/c1-20-17-22(23-8-6-14-37(19-23)15-16-39-4)11-12-25(20)35-30-33-18-24(32)26(36-30)13-10-21-7-5-9-27-28(21)31(2,3)29(38)34-27/h5,7,9,11-12,17-18,23H,6,8,10,13-16,19H2,1-4H3,(H,34,38)(H,33,35,36)/t23-/m1/s1. The molecule has 1 amide bonds. The Bertz CT molecular complexity index is 1360. The lowest BCUT2D eigenvalue weighted by molar-refractivity contribution is -0.119. The average Bonchev–Trinajstić information content (AvgIpc) is 3.17. The van der Waals surface area contributed by atoms with E-state index in [2.05, 4.69) is 67.6 Å². The number of likely N-dealkylation sites (tertiary alicyclic amines) is 1. The molecule has 39 heavy (non-hydrogen) atoms. The third kappa shape index (κ3) is 6.03. The normalized spacial score (nSPS) is 18.6. The number of hydrogen-bond donors (Lipinski definition) is 2. The first-order valence-electron chi connectivity index (χ1n) is 13.8. The number of amides is 1. The Balaban J connectivity index is 1.27. The molecule has 1 fully saturated rings. The molecule has 2 aliphatic rings. The van der Waals surface area contributed by atoms with Crippen molar-refractivity contribution in [1.82, 2.24) is 14.9 Å². The van der Waals surface area contributed by atoms with Gasteiger partial charge in [0.05, 0.1) is 22.2 Å². The fourth-order valence-corrected chi connectivity index (χ4v) is 6.28. The van der Waals surface area contributed by atoms with E-state index in [9.17, 15) is 4.79 Å². The van der Waals surface area contributed by atoms with Gasteiger partial charge in [0.2, 0.25) is 11.9 Å². The van der Waals surface area contributed by atoms with E-state index in [4.69, 9.17) is 9.72 Å². The van der Waals surface area contributed by atoms with Crippen molar-refractivity contribution >= 4 is 39.2 Å². The van der Waals surface area contributed by atoms with Gasteiger partial charge in [-0.05, 0) is 109 Å². The van der Waals surface area contributed by atoms with Gasteiger partial charge in [0.15, 0.2) is 0 Å². The molecule has 206 valence electrons. The Morgan fingerprint density at radius 3 is 2.87 bits per heavy atom. The molecule has 1 atom stereocenters. The Kier molecular flexibility index (Phi) is 8.35. The number of piperidine rings is 1. The third-order valence-corrected chi connectivity index (χ3v) is 8.79. The molecule has 3 aromatic rings.